The summed E-state index contributed by atoms with van der Waals surface area (Å²) in [5, 5.41) is 9.63. The van der Waals surface area contributed by atoms with Crippen molar-refractivity contribution in [2.45, 2.75) is 25.3 Å². The first-order valence-electron chi connectivity index (χ1n) is 7.25. The molecular formula is C18H18BrNO. The Labute approximate surface area is 133 Å². The summed E-state index contributed by atoms with van der Waals surface area (Å²) in [5.41, 5.74) is 5.01. The second kappa shape index (κ2) is 6.54. The Bertz CT molecular complexity index is 652. The van der Waals surface area contributed by atoms with Crippen molar-refractivity contribution in [3.05, 3.63) is 69.7 Å². The summed E-state index contributed by atoms with van der Waals surface area (Å²) < 4.78 is 1.20. The van der Waals surface area contributed by atoms with Gasteiger partial charge in [0, 0.05) is 16.6 Å². The molecule has 0 aromatic heterocycles. The number of aliphatic hydroxyl groups excluding tert-OH is 1. The Hall–Kier alpha value is -1.45. The van der Waals surface area contributed by atoms with Crippen LogP contribution in [0.25, 0.3) is 0 Å². The van der Waals surface area contributed by atoms with Gasteiger partial charge in [0.2, 0.25) is 0 Å². The molecule has 0 saturated heterocycles. The zero-order valence-electron chi connectivity index (χ0n) is 11.8. The first-order valence-corrected chi connectivity index (χ1v) is 8.05. The molecule has 1 aliphatic carbocycles. The lowest BCUT2D eigenvalue weighted by Gasteiger charge is -2.21. The molecule has 2 nitrogen and oxygen atoms in total. The molecule has 1 N–H and O–H groups in total. The Morgan fingerprint density at radius 1 is 1.05 bits per heavy atom. The van der Waals surface area contributed by atoms with Crippen LogP contribution >= 0.6 is 15.9 Å². The third-order valence-electron chi connectivity index (χ3n) is 3.97. The zero-order chi connectivity index (χ0) is 14.7. The van der Waals surface area contributed by atoms with Crippen LogP contribution in [0, 0.1) is 0 Å². The minimum Gasteiger partial charge on any atom is -0.394 e. The minimum absolute atomic E-state index is 0.0544. The lowest BCUT2D eigenvalue weighted by molar-refractivity contribution is 0.268. The van der Waals surface area contributed by atoms with Gasteiger partial charge in [0.15, 0.2) is 0 Å². The highest BCUT2D eigenvalue weighted by atomic mass is 79.9. The third kappa shape index (κ3) is 3.25. The van der Waals surface area contributed by atoms with E-state index in [0.29, 0.717) is 0 Å². The molecule has 1 aliphatic rings. The highest BCUT2D eigenvalue weighted by molar-refractivity contribution is 9.10. The van der Waals surface area contributed by atoms with E-state index in [-0.39, 0.29) is 12.6 Å². The predicted molar refractivity (Wildman–Crippen MR) is 89.9 cm³/mol. The molecule has 2 aromatic rings. The fourth-order valence-corrected chi connectivity index (χ4v) is 3.46. The Morgan fingerprint density at radius 2 is 1.86 bits per heavy atom. The lowest BCUT2D eigenvalue weighted by atomic mass is 9.90. The summed E-state index contributed by atoms with van der Waals surface area (Å²) in [6, 6.07) is 16.2. The van der Waals surface area contributed by atoms with E-state index in [1.54, 1.807) is 0 Å². The van der Waals surface area contributed by atoms with Crippen molar-refractivity contribution in [3.8, 4) is 0 Å². The van der Waals surface area contributed by atoms with Gasteiger partial charge in [-0.2, -0.15) is 0 Å². The van der Waals surface area contributed by atoms with Crippen molar-refractivity contribution in [2.75, 3.05) is 6.61 Å². The van der Waals surface area contributed by atoms with Crippen LogP contribution in [0.1, 0.15) is 29.2 Å². The van der Waals surface area contributed by atoms with E-state index < -0.39 is 0 Å². The number of rotatable bonds is 3. The van der Waals surface area contributed by atoms with Gasteiger partial charge in [0.1, 0.15) is 0 Å². The SMILES string of the molecule is OC[C@H](N=C1CCc2c(Br)cccc2C1)c1ccccc1. The number of fused-ring (bicyclic) bond motifs is 1. The Balaban J connectivity index is 1.84. The van der Waals surface area contributed by atoms with Crippen LogP contribution in [0.4, 0.5) is 0 Å². The van der Waals surface area contributed by atoms with E-state index >= 15 is 0 Å². The fourth-order valence-electron chi connectivity index (χ4n) is 2.85. The van der Waals surface area contributed by atoms with E-state index in [1.165, 1.54) is 21.3 Å². The molecule has 0 heterocycles. The second-order valence-corrected chi connectivity index (χ2v) is 6.21. The van der Waals surface area contributed by atoms with Gasteiger partial charge in [0.05, 0.1) is 12.6 Å². The summed E-state index contributed by atoms with van der Waals surface area (Å²) in [4.78, 5) is 4.80. The van der Waals surface area contributed by atoms with E-state index in [9.17, 15) is 5.11 Å². The average Bonchev–Trinajstić information content (AvgIpc) is 2.53. The molecule has 0 bridgehead atoms. The highest BCUT2D eigenvalue weighted by Crippen LogP contribution is 2.28. The molecule has 0 saturated carbocycles. The second-order valence-electron chi connectivity index (χ2n) is 5.36. The standard InChI is InChI=1S/C18H18BrNO/c19-17-8-4-7-14-11-15(9-10-16(14)17)20-18(12-21)13-5-2-1-3-6-13/h1-8,18,21H,9-12H2/t18-/m0/s1. The maximum Gasteiger partial charge on any atom is 0.0979 e. The summed E-state index contributed by atoms with van der Waals surface area (Å²) in [7, 11) is 0. The van der Waals surface area contributed by atoms with Crippen LogP contribution in [0.3, 0.4) is 0 Å². The molecule has 0 unspecified atom stereocenters. The molecule has 0 fully saturated rings. The molecule has 3 heteroatoms. The van der Waals surface area contributed by atoms with Gasteiger partial charge in [-0.1, -0.05) is 58.4 Å². The van der Waals surface area contributed by atoms with Gasteiger partial charge in [-0.15, -0.1) is 0 Å². The first-order chi connectivity index (χ1) is 10.3. The smallest absolute Gasteiger partial charge is 0.0979 e. The largest absolute Gasteiger partial charge is 0.394 e. The molecule has 1 atom stereocenters. The number of aliphatic imine (C=N–C) groups is 1. The van der Waals surface area contributed by atoms with Gasteiger partial charge < -0.3 is 5.11 Å². The van der Waals surface area contributed by atoms with E-state index in [2.05, 4.69) is 34.1 Å². The summed E-state index contributed by atoms with van der Waals surface area (Å²) in [6.07, 6.45) is 2.87. The number of hydrogen-bond acceptors (Lipinski definition) is 2. The number of halogens is 1. The monoisotopic (exact) mass is 343 g/mol. The molecule has 108 valence electrons. The van der Waals surface area contributed by atoms with Crippen LogP contribution in [-0.4, -0.2) is 17.4 Å². The van der Waals surface area contributed by atoms with Crippen LogP contribution in [0.15, 0.2) is 58.0 Å². The van der Waals surface area contributed by atoms with Crippen LogP contribution in [0.5, 0.6) is 0 Å². The quantitative estimate of drug-likeness (QED) is 0.893. The summed E-state index contributed by atoms with van der Waals surface area (Å²) in [5.74, 6) is 0. The van der Waals surface area contributed by atoms with Crippen molar-refractivity contribution in [3.63, 3.8) is 0 Å². The number of hydrogen-bond donors (Lipinski definition) is 1. The Kier molecular flexibility index (Phi) is 4.51. The number of benzene rings is 2. The van der Waals surface area contributed by atoms with Gasteiger partial charge in [-0.3, -0.25) is 4.99 Å². The Morgan fingerprint density at radius 3 is 2.62 bits per heavy atom. The fraction of sp³-hybridized carbons (Fsp3) is 0.278. The summed E-state index contributed by atoms with van der Waals surface area (Å²) >= 11 is 3.62. The van der Waals surface area contributed by atoms with Gasteiger partial charge in [0.25, 0.3) is 0 Å². The predicted octanol–water partition coefficient (Wildman–Crippen LogP) is 4.11. The first kappa shape index (κ1) is 14.5. The van der Waals surface area contributed by atoms with Gasteiger partial charge in [-0.05, 0) is 35.6 Å². The molecule has 0 radical (unpaired) electrons. The van der Waals surface area contributed by atoms with Crippen molar-refractivity contribution in [1.82, 2.24) is 0 Å². The maximum atomic E-state index is 9.63. The topological polar surface area (TPSA) is 32.6 Å². The van der Waals surface area contributed by atoms with Gasteiger partial charge >= 0.3 is 0 Å². The average molecular weight is 344 g/mol. The summed E-state index contributed by atoms with van der Waals surface area (Å²) in [6.45, 7) is 0.0544. The molecule has 0 aliphatic heterocycles. The highest BCUT2D eigenvalue weighted by Gasteiger charge is 2.18. The van der Waals surface area contributed by atoms with E-state index in [1.807, 2.05) is 30.3 Å². The van der Waals surface area contributed by atoms with Gasteiger partial charge in [-0.25, -0.2) is 0 Å². The zero-order valence-corrected chi connectivity index (χ0v) is 13.4. The molecular weight excluding hydrogens is 326 g/mol. The maximum absolute atomic E-state index is 9.63. The normalized spacial score (nSPS) is 17.5. The lowest BCUT2D eigenvalue weighted by Crippen LogP contribution is -2.16. The van der Waals surface area contributed by atoms with Crippen molar-refractivity contribution in [2.24, 2.45) is 4.99 Å². The molecule has 2 aromatic carbocycles. The van der Waals surface area contributed by atoms with Crippen LogP contribution in [-0.2, 0) is 12.8 Å². The third-order valence-corrected chi connectivity index (χ3v) is 4.71. The molecule has 0 amide bonds. The van der Waals surface area contributed by atoms with Crippen LogP contribution in [0.2, 0.25) is 0 Å². The number of aliphatic hydroxyl groups is 1. The van der Waals surface area contributed by atoms with E-state index in [0.717, 1.165) is 24.8 Å². The van der Waals surface area contributed by atoms with E-state index in [4.69, 9.17) is 4.99 Å². The minimum atomic E-state index is -0.144. The number of nitrogens with zero attached hydrogens (tertiary/aromatic N) is 1. The van der Waals surface area contributed by atoms with Crippen molar-refractivity contribution < 1.29 is 5.11 Å². The van der Waals surface area contributed by atoms with Crippen LogP contribution < -0.4 is 0 Å². The molecule has 3 rings (SSSR count). The molecule has 0 spiro atoms. The van der Waals surface area contributed by atoms with Crippen molar-refractivity contribution in [1.29, 1.82) is 0 Å². The van der Waals surface area contributed by atoms with Crippen molar-refractivity contribution >= 4 is 21.6 Å². The molecule has 21 heavy (non-hydrogen) atoms.